The van der Waals surface area contributed by atoms with Crippen molar-refractivity contribution in [3.05, 3.63) is 59.9 Å². The van der Waals surface area contributed by atoms with Crippen LogP contribution in [0, 0.1) is 6.92 Å². The van der Waals surface area contributed by atoms with Gasteiger partial charge in [-0.3, -0.25) is 0 Å². The summed E-state index contributed by atoms with van der Waals surface area (Å²) in [4.78, 5) is 16.0. The van der Waals surface area contributed by atoms with Crippen molar-refractivity contribution in [2.75, 3.05) is 7.11 Å². The second kappa shape index (κ2) is 4.81. The number of aryl methyl sites for hydroxylation is 1. The van der Waals surface area contributed by atoms with Gasteiger partial charge in [0.1, 0.15) is 11.3 Å². The molecule has 0 fully saturated rings. The average Bonchev–Trinajstić information content (AvgIpc) is 2.82. The summed E-state index contributed by atoms with van der Waals surface area (Å²) in [6.45, 7) is 1.88. The molecule has 0 unspecified atom stereocenters. The number of fused-ring (bicyclic) bond motifs is 1. The molecule has 2 aromatic carbocycles. The van der Waals surface area contributed by atoms with E-state index in [0.717, 1.165) is 16.9 Å². The minimum absolute atomic E-state index is 0.0996. The number of carbonyl (C=O) groups excluding carboxylic acids is 1. The van der Waals surface area contributed by atoms with Crippen molar-refractivity contribution in [3.63, 3.8) is 0 Å². The Bertz CT molecular complexity index is 790. The molecule has 100 valence electrons. The molecule has 1 N–H and O–H groups in total. The van der Waals surface area contributed by atoms with Crippen LogP contribution in [0.25, 0.3) is 11.0 Å². The van der Waals surface area contributed by atoms with Gasteiger partial charge >= 0.3 is 5.91 Å². The molecule has 0 amide bonds. The minimum Gasteiger partial charge on any atom is -0.496 e. The molecule has 0 aliphatic carbocycles. The second-order valence-electron chi connectivity index (χ2n) is 4.57. The normalized spacial score (nSPS) is 10.7. The maximum atomic E-state index is 12.8. The maximum Gasteiger partial charge on any atom is 0.350 e. The Kier molecular flexibility index (Phi) is 2.99. The number of methoxy groups -OCH3 is 1. The van der Waals surface area contributed by atoms with Crippen LogP contribution in [0.4, 0.5) is 0 Å². The summed E-state index contributed by atoms with van der Waals surface area (Å²) >= 11 is 0. The number of ether oxygens (including phenoxy) is 1. The van der Waals surface area contributed by atoms with E-state index in [9.17, 15) is 4.79 Å². The molecule has 1 aromatic heterocycles. The van der Waals surface area contributed by atoms with Crippen LogP contribution in [0.1, 0.15) is 16.2 Å². The molecule has 4 heteroatoms. The quantitative estimate of drug-likeness (QED) is 0.716. The highest BCUT2D eigenvalue weighted by atomic mass is 16.5. The molecule has 4 nitrogen and oxygen atoms in total. The van der Waals surface area contributed by atoms with E-state index in [-0.39, 0.29) is 5.91 Å². The summed E-state index contributed by atoms with van der Waals surface area (Å²) in [6, 6.07) is 15.0. The minimum atomic E-state index is -0.0996. The number of hydrogen-bond acceptors (Lipinski definition) is 2. The number of nitrogens with one attached hydrogen (secondary N) is 1. The number of nitrogens with zero attached hydrogens (tertiary/aromatic N) is 1. The summed E-state index contributed by atoms with van der Waals surface area (Å²) < 4.78 is 6.95. The molecule has 0 atom stereocenters. The van der Waals surface area contributed by atoms with E-state index < -0.39 is 0 Å². The summed E-state index contributed by atoms with van der Waals surface area (Å²) in [5, 5.41) is 0. The summed E-state index contributed by atoms with van der Waals surface area (Å²) in [7, 11) is 1.57. The highest BCUT2D eigenvalue weighted by molar-refractivity contribution is 6.02. The van der Waals surface area contributed by atoms with Crippen LogP contribution in [0.5, 0.6) is 5.75 Å². The number of hydrogen-bond donors (Lipinski definition) is 0. The lowest BCUT2D eigenvalue weighted by Gasteiger charge is -2.05. The molecule has 0 bridgehead atoms. The molecule has 3 rings (SSSR count). The highest BCUT2D eigenvalue weighted by Gasteiger charge is 2.25. The fourth-order valence-electron chi connectivity index (χ4n) is 2.41. The first-order valence-electron chi connectivity index (χ1n) is 6.39. The summed E-state index contributed by atoms with van der Waals surface area (Å²) in [5.41, 5.74) is 2.35. The molecule has 20 heavy (non-hydrogen) atoms. The third-order valence-corrected chi connectivity index (χ3v) is 3.34. The van der Waals surface area contributed by atoms with Crippen molar-refractivity contribution in [1.29, 1.82) is 0 Å². The third kappa shape index (κ3) is 1.86. The zero-order chi connectivity index (χ0) is 14.1. The lowest BCUT2D eigenvalue weighted by atomic mass is 10.2. The molecular weight excluding hydrogens is 252 g/mol. The van der Waals surface area contributed by atoms with Crippen LogP contribution in [-0.2, 0) is 0 Å². The van der Waals surface area contributed by atoms with Crippen molar-refractivity contribution in [3.8, 4) is 5.75 Å². The number of aromatic nitrogens is 2. The van der Waals surface area contributed by atoms with Gasteiger partial charge in [0.2, 0.25) is 0 Å². The van der Waals surface area contributed by atoms with Crippen LogP contribution in [0.15, 0.2) is 48.5 Å². The molecule has 0 aliphatic heterocycles. The first-order chi connectivity index (χ1) is 9.72. The first-order valence-corrected chi connectivity index (χ1v) is 6.39. The van der Waals surface area contributed by atoms with E-state index in [1.165, 1.54) is 0 Å². The monoisotopic (exact) mass is 267 g/mol. The summed E-state index contributed by atoms with van der Waals surface area (Å²) in [6.07, 6.45) is 0. The number of imidazole rings is 1. The van der Waals surface area contributed by atoms with Crippen molar-refractivity contribution >= 4 is 16.9 Å². The SMILES string of the molecule is COc1ccccc1C(=O)n1c(C)[nH+]c2ccccc21. The molecule has 0 aliphatic rings. The number of benzene rings is 2. The van der Waals surface area contributed by atoms with Gasteiger partial charge in [0.05, 0.1) is 7.11 Å². The van der Waals surface area contributed by atoms with E-state index >= 15 is 0 Å². The Morgan fingerprint density at radius 1 is 1.10 bits per heavy atom. The van der Waals surface area contributed by atoms with Gasteiger partial charge in [0, 0.05) is 6.92 Å². The van der Waals surface area contributed by atoms with E-state index in [4.69, 9.17) is 4.74 Å². The van der Waals surface area contributed by atoms with Crippen molar-refractivity contribution in [2.45, 2.75) is 6.92 Å². The van der Waals surface area contributed by atoms with Gasteiger partial charge in [0.15, 0.2) is 11.0 Å². The molecule has 0 radical (unpaired) electrons. The van der Waals surface area contributed by atoms with Gasteiger partial charge in [-0.1, -0.05) is 24.3 Å². The average molecular weight is 267 g/mol. The van der Waals surface area contributed by atoms with Crippen LogP contribution in [-0.4, -0.2) is 17.6 Å². The maximum absolute atomic E-state index is 12.8. The van der Waals surface area contributed by atoms with Gasteiger partial charge in [-0.25, -0.2) is 9.78 Å². The Morgan fingerprint density at radius 3 is 2.60 bits per heavy atom. The number of carbonyl (C=O) groups is 1. The number of rotatable bonds is 2. The Hall–Kier alpha value is -2.62. The molecule has 3 aromatic rings. The van der Waals surface area contributed by atoms with Crippen LogP contribution in [0.3, 0.4) is 0 Å². The molecule has 0 saturated heterocycles. The standard InChI is InChI=1S/C16H14N2O2/c1-11-17-13-8-4-5-9-14(13)18(11)16(19)12-7-3-6-10-15(12)20-2/h3-10H,1-2H3/p+1. The fraction of sp³-hybridized carbons (Fsp3) is 0.125. The highest BCUT2D eigenvalue weighted by Crippen LogP contribution is 2.21. The first kappa shape index (κ1) is 12.4. The molecule has 0 saturated carbocycles. The lowest BCUT2D eigenvalue weighted by Crippen LogP contribution is -2.17. The lowest BCUT2D eigenvalue weighted by molar-refractivity contribution is -0.356. The van der Waals surface area contributed by atoms with Crippen molar-refractivity contribution in [1.82, 2.24) is 4.57 Å². The Morgan fingerprint density at radius 2 is 1.80 bits per heavy atom. The van der Waals surface area contributed by atoms with E-state index in [2.05, 4.69) is 4.98 Å². The Balaban J connectivity index is 2.20. The van der Waals surface area contributed by atoms with Crippen LogP contribution < -0.4 is 9.72 Å². The van der Waals surface area contributed by atoms with Crippen LogP contribution >= 0.6 is 0 Å². The van der Waals surface area contributed by atoms with E-state index in [0.29, 0.717) is 11.3 Å². The van der Waals surface area contributed by atoms with Gasteiger partial charge in [-0.05, 0) is 24.3 Å². The molecular formula is C16H15N2O2+. The molecule has 0 spiro atoms. The van der Waals surface area contributed by atoms with E-state index in [1.54, 1.807) is 23.8 Å². The largest absolute Gasteiger partial charge is 0.496 e. The van der Waals surface area contributed by atoms with Gasteiger partial charge < -0.3 is 4.74 Å². The van der Waals surface area contributed by atoms with Crippen molar-refractivity contribution in [2.24, 2.45) is 0 Å². The zero-order valence-electron chi connectivity index (χ0n) is 11.4. The smallest absolute Gasteiger partial charge is 0.350 e. The summed E-state index contributed by atoms with van der Waals surface area (Å²) in [5.74, 6) is 1.27. The molecule has 1 heterocycles. The van der Waals surface area contributed by atoms with Gasteiger partial charge in [-0.15, -0.1) is 0 Å². The second-order valence-corrected chi connectivity index (χ2v) is 4.57. The topological polar surface area (TPSA) is 45.4 Å². The number of aromatic amines is 1. The fourth-order valence-corrected chi connectivity index (χ4v) is 2.41. The van der Waals surface area contributed by atoms with Crippen LogP contribution in [0.2, 0.25) is 0 Å². The zero-order valence-corrected chi connectivity index (χ0v) is 11.4. The Labute approximate surface area is 116 Å². The third-order valence-electron chi connectivity index (χ3n) is 3.34. The van der Waals surface area contributed by atoms with Gasteiger partial charge in [0.25, 0.3) is 5.82 Å². The number of para-hydroxylation sites is 3. The predicted octanol–water partition coefficient (Wildman–Crippen LogP) is 2.46. The van der Waals surface area contributed by atoms with E-state index in [1.807, 2.05) is 43.3 Å². The van der Waals surface area contributed by atoms with Gasteiger partial charge in [-0.2, -0.15) is 4.57 Å². The van der Waals surface area contributed by atoms with Crippen molar-refractivity contribution < 1.29 is 14.5 Å². The number of H-pyrrole nitrogens is 1. The predicted molar refractivity (Wildman–Crippen MR) is 76.0 cm³/mol.